The lowest BCUT2D eigenvalue weighted by Gasteiger charge is -2.29. The summed E-state index contributed by atoms with van der Waals surface area (Å²) in [6.07, 6.45) is -5.88. The number of anilines is 1. The zero-order valence-electron chi connectivity index (χ0n) is 14.9. The highest BCUT2D eigenvalue weighted by Gasteiger charge is 2.35. The van der Waals surface area contributed by atoms with Gasteiger partial charge in [-0.2, -0.15) is 17.9 Å². The number of nitrogens with one attached hydrogen (secondary N) is 2. The zero-order chi connectivity index (χ0) is 20.7. The van der Waals surface area contributed by atoms with Crippen LogP contribution in [0, 0.1) is 0 Å². The van der Waals surface area contributed by atoms with Gasteiger partial charge in [-0.3, -0.25) is 0 Å². The molecule has 0 aliphatic carbocycles. The van der Waals surface area contributed by atoms with Crippen molar-refractivity contribution in [2.24, 2.45) is 0 Å². The van der Waals surface area contributed by atoms with Gasteiger partial charge in [-0.1, -0.05) is 12.1 Å². The van der Waals surface area contributed by atoms with Gasteiger partial charge < -0.3 is 10.1 Å². The molecule has 0 radical (unpaired) electrons. The number of benzene rings is 2. The molecule has 150 valence electrons. The van der Waals surface area contributed by atoms with E-state index in [-0.39, 0.29) is 22.3 Å². The van der Waals surface area contributed by atoms with Crippen LogP contribution in [0.25, 0.3) is 0 Å². The molecular weight excluding hydrogens is 397 g/mol. The van der Waals surface area contributed by atoms with Gasteiger partial charge in [0, 0.05) is 0 Å². The lowest BCUT2D eigenvalue weighted by Crippen LogP contribution is -2.38. The first-order valence-corrected chi connectivity index (χ1v) is 9.77. The predicted octanol–water partition coefficient (Wildman–Crippen LogP) is 3.67. The Hall–Kier alpha value is -2.59. The minimum Gasteiger partial charge on any atom is -0.459 e. The standard InChI is InChI=1S/C18H17F3N2O4S/c1-10(2)27-17(24)12-5-3-11(4-6-12)16-22-14-9-13(18(19,20)21)7-8-15(14)28(25,26)23-16/h3-10,16,22-23H,1-2H3. The molecule has 1 heterocycles. The number of hydrogen-bond donors (Lipinski definition) is 2. The Balaban J connectivity index is 1.90. The topological polar surface area (TPSA) is 84.5 Å². The molecule has 0 amide bonds. The second-order valence-electron chi connectivity index (χ2n) is 6.48. The number of hydrogen-bond acceptors (Lipinski definition) is 5. The monoisotopic (exact) mass is 414 g/mol. The van der Waals surface area contributed by atoms with Gasteiger partial charge in [-0.25, -0.2) is 13.2 Å². The number of fused-ring (bicyclic) bond motifs is 1. The smallest absolute Gasteiger partial charge is 0.416 e. The summed E-state index contributed by atoms with van der Waals surface area (Å²) in [4.78, 5) is 11.6. The van der Waals surface area contributed by atoms with Crippen LogP contribution in [0.2, 0.25) is 0 Å². The third-order valence-corrected chi connectivity index (χ3v) is 5.47. The van der Waals surface area contributed by atoms with E-state index in [4.69, 9.17) is 4.74 Å². The first-order chi connectivity index (χ1) is 13.0. The Labute approximate surface area is 159 Å². The zero-order valence-corrected chi connectivity index (χ0v) is 15.7. The Kier molecular flexibility index (Phi) is 5.11. The van der Waals surface area contributed by atoms with E-state index < -0.39 is 33.9 Å². The van der Waals surface area contributed by atoms with Crippen molar-refractivity contribution in [3.8, 4) is 0 Å². The summed E-state index contributed by atoms with van der Waals surface area (Å²) in [5.74, 6) is -0.529. The lowest BCUT2D eigenvalue weighted by atomic mass is 10.1. The highest BCUT2D eigenvalue weighted by Crippen LogP contribution is 2.37. The summed E-state index contributed by atoms with van der Waals surface area (Å²) < 4.78 is 71.1. The highest BCUT2D eigenvalue weighted by molar-refractivity contribution is 7.89. The maximum Gasteiger partial charge on any atom is 0.416 e. The third kappa shape index (κ3) is 4.12. The largest absolute Gasteiger partial charge is 0.459 e. The fraction of sp³-hybridized carbons (Fsp3) is 0.278. The van der Waals surface area contributed by atoms with E-state index in [0.29, 0.717) is 5.56 Å². The molecule has 0 aromatic heterocycles. The van der Waals surface area contributed by atoms with Gasteiger partial charge in [0.2, 0.25) is 10.0 Å². The molecule has 2 N–H and O–H groups in total. The number of carbonyl (C=O) groups excluding carboxylic acids is 1. The van der Waals surface area contributed by atoms with Gasteiger partial charge in [0.1, 0.15) is 11.1 Å². The lowest BCUT2D eigenvalue weighted by molar-refractivity contribution is -0.137. The molecule has 2 aromatic rings. The molecule has 0 bridgehead atoms. The fourth-order valence-corrected chi connectivity index (χ4v) is 3.99. The van der Waals surface area contributed by atoms with E-state index in [2.05, 4.69) is 10.0 Å². The van der Waals surface area contributed by atoms with Crippen molar-refractivity contribution in [2.45, 2.75) is 37.2 Å². The molecule has 1 aliphatic heterocycles. The van der Waals surface area contributed by atoms with Crippen LogP contribution >= 0.6 is 0 Å². The SMILES string of the molecule is CC(C)OC(=O)c1ccc(C2Nc3cc(C(F)(F)F)ccc3S(=O)(=O)N2)cc1. The summed E-state index contributed by atoms with van der Waals surface area (Å²) in [7, 11) is -4.02. The van der Waals surface area contributed by atoms with Crippen LogP contribution in [-0.2, 0) is 20.9 Å². The van der Waals surface area contributed by atoms with E-state index in [9.17, 15) is 26.4 Å². The Morgan fingerprint density at radius 2 is 1.75 bits per heavy atom. The van der Waals surface area contributed by atoms with Crippen LogP contribution in [0.4, 0.5) is 18.9 Å². The normalized spacial score (nSPS) is 18.3. The number of ether oxygens (including phenoxy) is 1. The van der Waals surface area contributed by atoms with Gasteiger partial charge in [0.25, 0.3) is 0 Å². The van der Waals surface area contributed by atoms with Gasteiger partial charge >= 0.3 is 12.1 Å². The number of alkyl halides is 3. The molecule has 0 spiro atoms. The molecule has 6 nitrogen and oxygen atoms in total. The molecule has 2 aromatic carbocycles. The van der Waals surface area contributed by atoms with Gasteiger partial charge in [0.05, 0.1) is 22.9 Å². The molecule has 0 saturated heterocycles. The van der Waals surface area contributed by atoms with Crippen molar-refractivity contribution in [2.75, 3.05) is 5.32 Å². The van der Waals surface area contributed by atoms with Crippen molar-refractivity contribution in [1.82, 2.24) is 4.72 Å². The maximum absolute atomic E-state index is 12.9. The summed E-state index contributed by atoms with van der Waals surface area (Å²) in [6.45, 7) is 3.42. The van der Waals surface area contributed by atoms with Crippen LogP contribution in [0.3, 0.4) is 0 Å². The Morgan fingerprint density at radius 3 is 2.32 bits per heavy atom. The highest BCUT2D eigenvalue weighted by atomic mass is 32.2. The number of halogens is 3. The van der Waals surface area contributed by atoms with E-state index in [1.165, 1.54) is 24.3 Å². The molecule has 1 atom stereocenters. The van der Waals surface area contributed by atoms with E-state index >= 15 is 0 Å². The second-order valence-corrected chi connectivity index (χ2v) is 8.17. The van der Waals surface area contributed by atoms with Crippen LogP contribution in [0.1, 0.15) is 41.5 Å². The molecule has 1 unspecified atom stereocenters. The predicted molar refractivity (Wildman–Crippen MR) is 95.1 cm³/mol. The van der Waals surface area contributed by atoms with Crippen molar-refractivity contribution in [1.29, 1.82) is 0 Å². The van der Waals surface area contributed by atoms with E-state index in [1.54, 1.807) is 13.8 Å². The average molecular weight is 414 g/mol. The number of rotatable bonds is 3. The van der Waals surface area contributed by atoms with Crippen LogP contribution in [-0.4, -0.2) is 20.5 Å². The molecule has 0 saturated carbocycles. The summed E-state index contributed by atoms with van der Waals surface area (Å²) in [6, 6.07) is 8.29. The first kappa shape index (κ1) is 20.2. The molecule has 0 fully saturated rings. The number of esters is 1. The molecular formula is C18H17F3N2O4S. The number of carbonyl (C=O) groups is 1. The Bertz CT molecular complexity index is 1000. The minimum absolute atomic E-state index is 0.151. The number of sulfonamides is 1. The molecule has 10 heteroatoms. The summed E-state index contributed by atoms with van der Waals surface area (Å²) in [5, 5.41) is 2.76. The fourth-order valence-electron chi connectivity index (χ4n) is 2.70. The molecule has 3 rings (SSSR count). The van der Waals surface area contributed by atoms with E-state index in [1.807, 2.05) is 0 Å². The van der Waals surface area contributed by atoms with Crippen molar-refractivity contribution >= 4 is 21.7 Å². The Morgan fingerprint density at radius 1 is 1.11 bits per heavy atom. The summed E-state index contributed by atoms with van der Waals surface area (Å²) >= 11 is 0. The van der Waals surface area contributed by atoms with Gasteiger partial charge in [-0.05, 0) is 49.7 Å². The molecule has 28 heavy (non-hydrogen) atoms. The first-order valence-electron chi connectivity index (χ1n) is 8.28. The van der Waals surface area contributed by atoms with Crippen molar-refractivity contribution in [3.05, 3.63) is 59.2 Å². The van der Waals surface area contributed by atoms with Crippen LogP contribution in [0.15, 0.2) is 47.4 Å². The third-order valence-electron chi connectivity index (χ3n) is 3.99. The van der Waals surface area contributed by atoms with Gasteiger partial charge in [0.15, 0.2) is 0 Å². The molecule has 1 aliphatic rings. The second kappa shape index (κ2) is 7.10. The van der Waals surface area contributed by atoms with Crippen molar-refractivity contribution in [3.63, 3.8) is 0 Å². The maximum atomic E-state index is 12.9. The quantitative estimate of drug-likeness (QED) is 0.749. The average Bonchev–Trinajstić information content (AvgIpc) is 2.59. The van der Waals surface area contributed by atoms with Crippen LogP contribution < -0.4 is 10.0 Å². The van der Waals surface area contributed by atoms with Crippen molar-refractivity contribution < 1.29 is 31.1 Å². The van der Waals surface area contributed by atoms with E-state index in [0.717, 1.165) is 18.2 Å². The van der Waals surface area contributed by atoms with Gasteiger partial charge in [-0.15, -0.1) is 0 Å². The minimum atomic E-state index is -4.60. The van der Waals surface area contributed by atoms with Crippen LogP contribution in [0.5, 0.6) is 0 Å². The summed E-state index contributed by atoms with van der Waals surface area (Å²) in [5.41, 5.74) is -0.410.